The Morgan fingerprint density at radius 3 is 2.71 bits per heavy atom. The summed E-state index contributed by atoms with van der Waals surface area (Å²) in [5.74, 6) is 0.824. The number of hydrogen-bond acceptors (Lipinski definition) is 2. The third-order valence-corrected chi connectivity index (χ3v) is 2.65. The van der Waals surface area contributed by atoms with Crippen molar-refractivity contribution in [2.75, 3.05) is 19.6 Å². The second-order valence-electron chi connectivity index (χ2n) is 5.14. The van der Waals surface area contributed by atoms with Crippen LogP contribution in [0.1, 0.15) is 34.1 Å². The van der Waals surface area contributed by atoms with Crippen LogP contribution < -0.4 is 5.32 Å². The second-order valence-corrected chi connectivity index (χ2v) is 5.14. The highest BCUT2D eigenvalue weighted by Crippen LogP contribution is 2.18. The normalized spacial score (nSPS) is 22.6. The van der Waals surface area contributed by atoms with Gasteiger partial charge < -0.3 is 10.2 Å². The quantitative estimate of drug-likeness (QED) is 0.724. The summed E-state index contributed by atoms with van der Waals surface area (Å²) in [5, 5.41) is 3.31. The largest absolute Gasteiger partial charge is 0.336 e. The molecule has 1 fully saturated rings. The summed E-state index contributed by atoms with van der Waals surface area (Å²) in [6.45, 7) is 11.1. The molecule has 0 aromatic carbocycles. The summed E-state index contributed by atoms with van der Waals surface area (Å²) in [7, 11) is 0. The van der Waals surface area contributed by atoms with Crippen molar-refractivity contribution in [1.82, 2.24) is 10.2 Å². The third kappa shape index (κ3) is 2.71. The smallest absolute Gasteiger partial charge is 0.224 e. The van der Waals surface area contributed by atoms with Gasteiger partial charge in [0.2, 0.25) is 5.91 Å². The van der Waals surface area contributed by atoms with Crippen molar-refractivity contribution in [3.8, 4) is 0 Å². The molecule has 1 rings (SSSR count). The summed E-state index contributed by atoms with van der Waals surface area (Å²) < 4.78 is 0. The summed E-state index contributed by atoms with van der Waals surface area (Å²) >= 11 is 0. The molecule has 1 N–H and O–H groups in total. The Bertz CT molecular complexity index is 211. The molecular weight excluding hydrogens is 176 g/mol. The molecule has 0 saturated carbocycles. The molecule has 3 nitrogen and oxygen atoms in total. The van der Waals surface area contributed by atoms with Gasteiger partial charge in [0.05, 0.1) is 0 Å². The van der Waals surface area contributed by atoms with Gasteiger partial charge in [0, 0.05) is 31.6 Å². The zero-order chi connectivity index (χ0) is 10.8. The van der Waals surface area contributed by atoms with Gasteiger partial charge >= 0.3 is 0 Å². The van der Waals surface area contributed by atoms with E-state index in [4.69, 9.17) is 0 Å². The van der Waals surface area contributed by atoms with Gasteiger partial charge in [0.25, 0.3) is 0 Å². The standard InChI is InChI=1S/C11H22N2O/c1-9(2)7-13-10(14)5-6-12-8-11(13,3)4/h9,12H,5-8H2,1-4H3. The van der Waals surface area contributed by atoms with Crippen molar-refractivity contribution in [3.05, 3.63) is 0 Å². The number of nitrogens with zero attached hydrogens (tertiary/aromatic N) is 1. The van der Waals surface area contributed by atoms with Gasteiger partial charge in [0.15, 0.2) is 0 Å². The topological polar surface area (TPSA) is 32.3 Å². The summed E-state index contributed by atoms with van der Waals surface area (Å²) in [6.07, 6.45) is 0.635. The van der Waals surface area contributed by atoms with E-state index in [1.54, 1.807) is 0 Å². The number of rotatable bonds is 2. The lowest BCUT2D eigenvalue weighted by Crippen LogP contribution is -2.51. The highest BCUT2D eigenvalue weighted by atomic mass is 16.2. The fourth-order valence-corrected chi connectivity index (χ4v) is 1.87. The first-order chi connectivity index (χ1) is 6.43. The first-order valence-electron chi connectivity index (χ1n) is 5.44. The zero-order valence-electron chi connectivity index (χ0n) is 9.76. The summed E-state index contributed by atoms with van der Waals surface area (Å²) in [6, 6.07) is 0. The molecule has 1 aliphatic rings. The van der Waals surface area contributed by atoms with E-state index in [0.29, 0.717) is 12.3 Å². The number of carbonyl (C=O) groups excluding carboxylic acids is 1. The van der Waals surface area contributed by atoms with Gasteiger partial charge in [-0.2, -0.15) is 0 Å². The Morgan fingerprint density at radius 1 is 1.50 bits per heavy atom. The monoisotopic (exact) mass is 198 g/mol. The van der Waals surface area contributed by atoms with E-state index in [1.807, 2.05) is 4.90 Å². The third-order valence-electron chi connectivity index (χ3n) is 2.65. The lowest BCUT2D eigenvalue weighted by Gasteiger charge is -2.38. The molecule has 0 bridgehead atoms. The molecule has 14 heavy (non-hydrogen) atoms. The number of carbonyl (C=O) groups is 1. The Balaban J connectivity index is 2.76. The first-order valence-corrected chi connectivity index (χ1v) is 5.44. The van der Waals surface area contributed by atoms with Gasteiger partial charge in [-0.15, -0.1) is 0 Å². The Kier molecular flexibility index (Phi) is 3.53. The molecule has 1 amide bonds. The minimum absolute atomic E-state index is 0.0438. The highest BCUT2D eigenvalue weighted by molar-refractivity contribution is 5.77. The van der Waals surface area contributed by atoms with E-state index in [-0.39, 0.29) is 11.4 Å². The molecule has 0 spiro atoms. The van der Waals surface area contributed by atoms with Gasteiger partial charge in [-0.05, 0) is 19.8 Å². The zero-order valence-corrected chi connectivity index (χ0v) is 9.76. The van der Waals surface area contributed by atoms with Gasteiger partial charge in [-0.25, -0.2) is 0 Å². The van der Waals surface area contributed by atoms with E-state index in [0.717, 1.165) is 19.6 Å². The van der Waals surface area contributed by atoms with Crippen LogP contribution in [0.25, 0.3) is 0 Å². The van der Waals surface area contributed by atoms with Crippen molar-refractivity contribution in [3.63, 3.8) is 0 Å². The fourth-order valence-electron chi connectivity index (χ4n) is 1.87. The molecule has 3 heteroatoms. The van der Waals surface area contributed by atoms with Crippen molar-refractivity contribution >= 4 is 5.91 Å². The van der Waals surface area contributed by atoms with Crippen LogP contribution in [-0.4, -0.2) is 36.0 Å². The molecule has 1 heterocycles. The lowest BCUT2D eigenvalue weighted by atomic mass is 10.0. The highest BCUT2D eigenvalue weighted by Gasteiger charge is 2.32. The van der Waals surface area contributed by atoms with Crippen LogP contribution in [0.2, 0.25) is 0 Å². The van der Waals surface area contributed by atoms with Crippen LogP contribution in [0.3, 0.4) is 0 Å². The molecule has 0 aromatic heterocycles. The lowest BCUT2D eigenvalue weighted by molar-refractivity contribution is -0.135. The van der Waals surface area contributed by atoms with Crippen molar-refractivity contribution in [2.45, 2.75) is 39.7 Å². The Labute approximate surface area is 86.9 Å². The minimum atomic E-state index is -0.0438. The average molecular weight is 198 g/mol. The van der Waals surface area contributed by atoms with E-state index in [1.165, 1.54) is 0 Å². The molecule has 82 valence electrons. The van der Waals surface area contributed by atoms with E-state index in [9.17, 15) is 4.79 Å². The van der Waals surface area contributed by atoms with Gasteiger partial charge in [0.1, 0.15) is 0 Å². The fraction of sp³-hybridized carbons (Fsp3) is 0.909. The average Bonchev–Trinajstić information content (AvgIpc) is 2.16. The maximum Gasteiger partial charge on any atom is 0.224 e. The minimum Gasteiger partial charge on any atom is -0.336 e. The van der Waals surface area contributed by atoms with Gasteiger partial charge in [-0.3, -0.25) is 4.79 Å². The van der Waals surface area contributed by atoms with Crippen LogP contribution in [0, 0.1) is 5.92 Å². The molecule has 0 aliphatic carbocycles. The van der Waals surface area contributed by atoms with Crippen molar-refractivity contribution in [2.24, 2.45) is 5.92 Å². The van der Waals surface area contributed by atoms with E-state index in [2.05, 4.69) is 33.0 Å². The molecular formula is C11H22N2O. The summed E-state index contributed by atoms with van der Waals surface area (Å²) in [5.41, 5.74) is -0.0438. The van der Waals surface area contributed by atoms with E-state index >= 15 is 0 Å². The molecule has 0 radical (unpaired) electrons. The number of amides is 1. The second kappa shape index (κ2) is 4.30. The van der Waals surface area contributed by atoms with Crippen molar-refractivity contribution < 1.29 is 4.79 Å². The van der Waals surface area contributed by atoms with Gasteiger partial charge in [-0.1, -0.05) is 13.8 Å². The van der Waals surface area contributed by atoms with Crippen molar-refractivity contribution in [1.29, 1.82) is 0 Å². The molecule has 0 aromatic rings. The molecule has 0 unspecified atom stereocenters. The van der Waals surface area contributed by atoms with E-state index < -0.39 is 0 Å². The number of hydrogen-bond donors (Lipinski definition) is 1. The Hall–Kier alpha value is -0.570. The van der Waals surface area contributed by atoms with Crippen LogP contribution in [0.4, 0.5) is 0 Å². The first kappa shape index (κ1) is 11.5. The number of nitrogens with one attached hydrogen (secondary N) is 1. The molecule has 1 saturated heterocycles. The van der Waals surface area contributed by atoms with Crippen LogP contribution >= 0.6 is 0 Å². The predicted molar refractivity (Wildman–Crippen MR) is 58.1 cm³/mol. The molecule has 1 aliphatic heterocycles. The predicted octanol–water partition coefficient (Wildman–Crippen LogP) is 1.24. The van der Waals surface area contributed by atoms with Crippen LogP contribution in [0.5, 0.6) is 0 Å². The van der Waals surface area contributed by atoms with Crippen LogP contribution in [0.15, 0.2) is 0 Å². The maximum atomic E-state index is 11.9. The maximum absolute atomic E-state index is 11.9. The van der Waals surface area contributed by atoms with Crippen LogP contribution in [-0.2, 0) is 4.79 Å². The Morgan fingerprint density at radius 2 is 2.14 bits per heavy atom. The summed E-state index contributed by atoms with van der Waals surface area (Å²) in [4.78, 5) is 13.9. The molecule has 0 atom stereocenters. The SMILES string of the molecule is CC(C)CN1C(=O)CCNCC1(C)C.